The van der Waals surface area contributed by atoms with E-state index in [-0.39, 0.29) is 36.7 Å². The molecule has 0 saturated heterocycles. The summed E-state index contributed by atoms with van der Waals surface area (Å²) in [5.74, 6) is -0.925. The van der Waals surface area contributed by atoms with Gasteiger partial charge >= 0.3 is 5.97 Å². The van der Waals surface area contributed by atoms with Gasteiger partial charge in [-0.1, -0.05) is 12.1 Å². The van der Waals surface area contributed by atoms with Gasteiger partial charge in [0.2, 0.25) is 6.29 Å². The summed E-state index contributed by atoms with van der Waals surface area (Å²) in [6.07, 6.45) is 1.76. The second-order valence-corrected chi connectivity index (χ2v) is 7.73. The molecule has 1 heterocycles. The number of aliphatic hydroxyl groups excluding tert-OH is 1. The Kier molecular flexibility index (Phi) is 10.8. The van der Waals surface area contributed by atoms with Crippen LogP contribution >= 0.6 is 0 Å². The highest BCUT2D eigenvalue weighted by molar-refractivity contribution is 5.91. The van der Waals surface area contributed by atoms with E-state index in [0.717, 1.165) is 5.56 Å². The highest BCUT2D eigenvalue weighted by Gasteiger charge is 2.38. The van der Waals surface area contributed by atoms with Gasteiger partial charge in [-0.3, -0.25) is 4.79 Å². The molecule has 0 aliphatic carbocycles. The van der Waals surface area contributed by atoms with Crippen molar-refractivity contribution in [3.63, 3.8) is 0 Å². The standard InChI is InChI=1S/C24H35NO8/c1-6-32-24-18(8-7-13-26)19(16-9-11-17(12-10-16)23(28)31-5)14-20(33-24)22(27)25(2)15-21(29-3)30-4/h9-12,14,18-19,21,24,26H,6-8,13,15H2,1-5H3/t18-,19+,24+/m0/s1. The predicted molar refractivity (Wildman–Crippen MR) is 120 cm³/mol. The molecule has 33 heavy (non-hydrogen) atoms. The first-order chi connectivity index (χ1) is 15.9. The zero-order valence-corrected chi connectivity index (χ0v) is 20.0. The molecule has 3 atom stereocenters. The number of nitrogens with zero attached hydrogens (tertiary/aromatic N) is 1. The molecule has 1 aromatic rings. The highest BCUT2D eigenvalue weighted by atomic mass is 16.7. The lowest BCUT2D eigenvalue weighted by Crippen LogP contribution is -2.42. The van der Waals surface area contributed by atoms with Crippen molar-refractivity contribution in [2.75, 3.05) is 48.1 Å². The van der Waals surface area contributed by atoms with Crippen molar-refractivity contribution in [3.05, 3.63) is 47.2 Å². The van der Waals surface area contributed by atoms with Crippen LogP contribution in [0.1, 0.15) is 41.6 Å². The van der Waals surface area contributed by atoms with Crippen LogP contribution in [0.25, 0.3) is 0 Å². The molecule has 0 saturated carbocycles. The summed E-state index contributed by atoms with van der Waals surface area (Å²) in [6, 6.07) is 7.06. The van der Waals surface area contributed by atoms with E-state index in [0.29, 0.717) is 25.0 Å². The molecule has 0 radical (unpaired) electrons. The van der Waals surface area contributed by atoms with Crippen molar-refractivity contribution < 1.29 is 38.4 Å². The lowest BCUT2D eigenvalue weighted by atomic mass is 9.80. The van der Waals surface area contributed by atoms with Crippen LogP contribution in [0.3, 0.4) is 0 Å². The molecule has 0 unspecified atom stereocenters. The van der Waals surface area contributed by atoms with Gasteiger partial charge in [0.1, 0.15) is 0 Å². The number of benzene rings is 1. The molecule has 9 heteroatoms. The number of hydrogen-bond donors (Lipinski definition) is 1. The average molecular weight is 466 g/mol. The number of rotatable bonds is 12. The predicted octanol–water partition coefficient (Wildman–Crippen LogP) is 2.30. The van der Waals surface area contributed by atoms with Crippen LogP contribution in [0.2, 0.25) is 0 Å². The maximum Gasteiger partial charge on any atom is 0.337 e. The van der Waals surface area contributed by atoms with Gasteiger partial charge in [0.25, 0.3) is 5.91 Å². The molecule has 0 spiro atoms. The van der Waals surface area contributed by atoms with E-state index in [1.165, 1.54) is 26.2 Å². The first-order valence-electron chi connectivity index (χ1n) is 11.0. The maximum atomic E-state index is 13.2. The van der Waals surface area contributed by atoms with E-state index in [9.17, 15) is 14.7 Å². The fourth-order valence-electron chi connectivity index (χ4n) is 3.84. The molecule has 1 aliphatic heterocycles. The number of carbonyl (C=O) groups is 2. The third-order valence-electron chi connectivity index (χ3n) is 5.63. The number of amides is 1. The van der Waals surface area contributed by atoms with Gasteiger partial charge in [0.05, 0.1) is 19.2 Å². The highest BCUT2D eigenvalue weighted by Crippen LogP contribution is 2.39. The lowest BCUT2D eigenvalue weighted by Gasteiger charge is -2.38. The fraction of sp³-hybridized carbons (Fsp3) is 0.583. The summed E-state index contributed by atoms with van der Waals surface area (Å²) < 4.78 is 27.1. The van der Waals surface area contributed by atoms with Crippen LogP contribution in [0, 0.1) is 5.92 Å². The molecule has 0 bridgehead atoms. The Morgan fingerprint density at radius 1 is 1.15 bits per heavy atom. The van der Waals surface area contributed by atoms with Crippen molar-refractivity contribution >= 4 is 11.9 Å². The lowest BCUT2D eigenvalue weighted by molar-refractivity contribution is -0.172. The van der Waals surface area contributed by atoms with Gasteiger partial charge in [-0.05, 0) is 43.5 Å². The summed E-state index contributed by atoms with van der Waals surface area (Å²) in [6.45, 7) is 2.52. The number of carbonyl (C=O) groups excluding carboxylic acids is 2. The SMILES string of the molecule is CCO[C@@H]1OC(C(=O)N(C)CC(OC)OC)=C[C@H](c2ccc(C(=O)OC)cc2)[C@@H]1CCCO. The summed E-state index contributed by atoms with van der Waals surface area (Å²) in [7, 11) is 5.99. The third kappa shape index (κ3) is 7.01. The van der Waals surface area contributed by atoms with E-state index in [1.54, 1.807) is 25.3 Å². The summed E-state index contributed by atoms with van der Waals surface area (Å²) in [4.78, 5) is 26.5. The van der Waals surface area contributed by atoms with E-state index >= 15 is 0 Å². The second-order valence-electron chi connectivity index (χ2n) is 7.73. The summed E-state index contributed by atoms with van der Waals surface area (Å²) in [5, 5.41) is 9.41. The minimum Gasteiger partial charge on any atom is -0.465 e. The van der Waals surface area contributed by atoms with E-state index in [1.807, 2.05) is 19.1 Å². The number of ether oxygens (including phenoxy) is 5. The van der Waals surface area contributed by atoms with Crippen LogP contribution in [0.5, 0.6) is 0 Å². The summed E-state index contributed by atoms with van der Waals surface area (Å²) in [5.41, 5.74) is 1.34. The normalized spacial score (nSPS) is 20.2. The minimum absolute atomic E-state index is 0.0387. The van der Waals surface area contributed by atoms with Crippen molar-refractivity contribution in [1.82, 2.24) is 4.90 Å². The molecule has 0 aromatic heterocycles. The van der Waals surface area contributed by atoms with Gasteiger partial charge < -0.3 is 33.7 Å². The Morgan fingerprint density at radius 2 is 1.82 bits per heavy atom. The van der Waals surface area contributed by atoms with E-state index < -0.39 is 18.5 Å². The molecule has 184 valence electrons. The smallest absolute Gasteiger partial charge is 0.337 e. The number of methoxy groups -OCH3 is 3. The molecule has 1 amide bonds. The summed E-state index contributed by atoms with van der Waals surface area (Å²) >= 11 is 0. The number of allylic oxidation sites excluding steroid dienone is 1. The molecule has 1 aliphatic rings. The van der Waals surface area contributed by atoms with Gasteiger partial charge in [-0.2, -0.15) is 0 Å². The Bertz CT molecular complexity index is 790. The Labute approximate surface area is 195 Å². The number of esters is 1. The first kappa shape index (κ1) is 26.8. The van der Waals surface area contributed by atoms with Gasteiger partial charge in [-0.15, -0.1) is 0 Å². The van der Waals surface area contributed by atoms with Gasteiger partial charge in [-0.25, -0.2) is 4.79 Å². The van der Waals surface area contributed by atoms with Crippen molar-refractivity contribution in [2.24, 2.45) is 5.92 Å². The van der Waals surface area contributed by atoms with E-state index in [2.05, 4.69) is 0 Å². The van der Waals surface area contributed by atoms with Crippen LogP contribution in [0.4, 0.5) is 0 Å². The molecule has 1 aromatic carbocycles. The molecular weight excluding hydrogens is 430 g/mol. The van der Waals surface area contributed by atoms with Crippen molar-refractivity contribution in [1.29, 1.82) is 0 Å². The van der Waals surface area contributed by atoms with Crippen molar-refractivity contribution in [2.45, 2.75) is 38.3 Å². The van der Waals surface area contributed by atoms with E-state index in [4.69, 9.17) is 23.7 Å². The topological polar surface area (TPSA) is 104 Å². The Morgan fingerprint density at radius 3 is 2.36 bits per heavy atom. The van der Waals surface area contributed by atoms with Crippen LogP contribution < -0.4 is 0 Å². The second kappa shape index (κ2) is 13.3. The first-order valence-corrected chi connectivity index (χ1v) is 11.0. The third-order valence-corrected chi connectivity index (χ3v) is 5.63. The zero-order chi connectivity index (χ0) is 24.4. The molecule has 9 nitrogen and oxygen atoms in total. The van der Waals surface area contributed by atoms with Crippen LogP contribution in [0.15, 0.2) is 36.1 Å². The van der Waals surface area contributed by atoms with Crippen molar-refractivity contribution in [3.8, 4) is 0 Å². The van der Waals surface area contributed by atoms with Gasteiger partial charge in [0, 0.05) is 46.3 Å². The molecule has 0 fully saturated rings. The largest absolute Gasteiger partial charge is 0.465 e. The maximum absolute atomic E-state index is 13.2. The quantitative estimate of drug-likeness (QED) is 0.371. The molecular formula is C24H35NO8. The molecule has 2 rings (SSSR count). The van der Waals surface area contributed by atoms with Crippen LogP contribution in [-0.4, -0.2) is 82.6 Å². The molecule has 1 N–H and O–H groups in total. The number of aliphatic hydroxyl groups is 1. The zero-order valence-electron chi connectivity index (χ0n) is 20.0. The van der Waals surface area contributed by atoms with Gasteiger partial charge in [0.15, 0.2) is 12.0 Å². The van der Waals surface area contributed by atoms with Crippen LogP contribution in [-0.2, 0) is 28.5 Å². The monoisotopic (exact) mass is 465 g/mol. The number of likely N-dealkylation sites (N-methyl/N-ethyl adjacent to an activating group) is 1. The Hall–Kier alpha value is -2.46. The average Bonchev–Trinajstić information content (AvgIpc) is 2.85. The number of hydrogen-bond acceptors (Lipinski definition) is 8. The fourth-order valence-corrected chi connectivity index (χ4v) is 3.84. The minimum atomic E-state index is -0.662. The Balaban J connectivity index is 2.40.